The molecule has 0 radical (unpaired) electrons. The lowest BCUT2D eigenvalue weighted by atomic mass is 9.65. The number of nitriles is 1. The highest BCUT2D eigenvalue weighted by atomic mass is 16.5. The molecular formula is C23H30N2O3. The maximum Gasteiger partial charge on any atom is 0.303 e. The Balaban J connectivity index is 1.39. The maximum absolute atomic E-state index is 11.0. The number of anilines is 1. The minimum Gasteiger partial charge on any atom is -0.490 e. The van der Waals surface area contributed by atoms with E-state index in [-0.39, 0.29) is 0 Å². The zero-order valence-corrected chi connectivity index (χ0v) is 16.5. The minimum absolute atomic E-state index is 0.321. The van der Waals surface area contributed by atoms with Gasteiger partial charge in [-0.05, 0) is 81.3 Å². The molecule has 0 unspecified atom stereocenters. The largest absolute Gasteiger partial charge is 0.490 e. The van der Waals surface area contributed by atoms with Crippen molar-refractivity contribution in [2.24, 2.45) is 11.3 Å². The van der Waals surface area contributed by atoms with Crippen LogP contribution in [0.2, 0.25) is 0 Å². The number of nitrogens with zero attached hydrogens (tertiary/aromatic N) is 2. The zero-order chi connectivity index (χ0) is 19.6. The smallest absolute Gasteiger partial charge is 0.303 e. The minimum atomic E-state index is -0.663. The van der Waals surface area contributed by atoms with Crippen molar-refractivity contribution in [2.45, 2.75) is 70.3 Å². The fourth-order valence-electron chi connectivity index (χ4n) is 5.09. The van der Waals surface area contributed by atoms with Gasteiger partial charge in [-0.3, -0.25) is 4.79 Å². The van der Waals surface area contributed by atoms with Crippen molar-refractivity contribution in [2.75, 3.05) is 18.0 Å². The first-order valence-electron chi connectivity index (χ1n) is 10.7. The molecule has 3 fully saturated rings. The number of carboxylic acid groups (broad SMARTS) is 1. The Kier molecular flexibility index (Phi) is 5.48. The van der Waals surface area contributed by atoms with Gasteiger partial charge in [-0.1, -0.05) is 0 Å². The molecule has 0 amide bonds. The summed E-state index contributed by atoms with van der Waals surface area (Å²) in [5.41, 5.74) is 2.11. The summed E-state index contributed by atoms with van der Waals surface area (Å²) in [5, 5.41) is 18.6. The second kappa shape index (κ2) is 8.03. The van der Waals surface area contributed by atoms with Gasteiger partial charge in [0.2, 0.25) is 0 Å². The topological polar surface area (TPSA) is 73.6 Å². The summed E-state index contributed by atoms with van der Waals surface area (Å²) in [6.45, 7) is 1.93. The van der Waals surface area contributed by atoms with E-state index >= 15 is 0 Å². The van der Waals surface area contributed by atoms with Gasteiger partial charge in [-0.2, -0.15) is 5.26 Å². The van der Waals surface area contributed by atoms with Crippen LogP contribution in [0.3, 0.4) is 0 Å². The molecule has 1 aromatic carbocycles. The highest BCUT2D eigenvalue weighted by Crippen LogP contribution is 2.47. The lowest BCUT2D eigenvalue weighted by molar-refractivity contribution is -0.138. The van der Waals surface area contributed by atoms with Crippen LogP contribution in [0.25, 0.3) is 0 Å². The van der Waals surface area contributed by atoms with E-state index in [1.165, 1.54) is 6.42 Å². The number of carbonyl (C=O) groups is 1. The molecule has 1 spiro atoms. The number of hydrogen-bond donors (Lipinski definition) is 1. The highest BCUT2D eigenvalue weighted by Gasteiger charge is 2.38. The van der Waals surface area contributed by atoms with E-state index in [1.807, 2.05) is 12.1 Å². The molecule has 5 heteroatoms. The molecule has 1 aromatic rings. The Morgan fingerprint density at radius 3 is 2.46 bits per heavy atom. The number of carboxylic acids is 1. The summed E-state index contributed by atoms with van der Waals surface area (Å²) in [4.78, 5) is 13.3. The summed E-state index contributed by atoms with van der Waals surface area (Å²) < 4.78 is 6.05. The van der Waals surface area contributed by atoms with Crippen LogP contribution in [0.15, 0.2) is 18.2 Å². The van der Waals surface area contributed by atoms with Gasteiger partial charge >= 0.3 is 5.97 Å². The number of rotatable bonds is 5. The summed E-state index contributed by atoms with van der Waals surface area (Å²) in [7, 11) is 0. The number of benzene rings is 1. The monoisotopic (exact) mass is 382 g/mol. The predicted octanol–water partition coefficient (Wildman–Crippen LogP) is 4.74. The van der Waals surface area contributed by atoms with Crippen LogP contribution >= 0.6 is 0 Å². The molecule has 5 nitrogen and oxygen atoms in total. The fraction of sp³-hybridized carbons (Fsp3) is 0.652. The quantitative estimate of drug-likeness (QED) is 0.796. The van der Waals surface area contributed by atoms with Gasteiger partial charge in [0.1, 0.15) is 11.8 Å². The van der Waals surface area contributed by atoms with Crippen molar-refractivity contribution >= 4 is 11.7 Å². The summed E-state index contributed by atoms with van der Waals surface area (Å²) in [6, 6.07) is 8.22. The number of aliphatic carboxylic acids is 1. The average Bonchev–Trinajstić information content (AvgIpc) is 2.67. The Hall–Kier alpha value is -2.22. The molecule has 2 aliphatic carbocycles. The van der Waals surface area contributed by atoms with Crippen molar-refractivity contribution in [3.05, 3.63) is 23.8 Å². The van der Waals surface area contributed by atoms with E-state index in [0.717, 1.165) is 81.5 Å². The van der Waals surface area contributed by atoms with E-state index in [1.54, 1.807) is 0 Å². The van der Waals surface area contributed by atoms with E-state index in [4.69, 9.17) is 9.84 Å². The van der Waals surface area contributed by atoms with Crippen LogP contribution in [0.5, 0.6) is 5.75 Å². The molecule has 1 saturated heterocycles. The third-order valence-electron chi connectivity index (χ3n) is 7.24. The molecular weight excluding hydrogens is 352 g/mol. The fourth-order valence-corrected chi connectivity index (χ4v) is 5.09. The Morgan fingerprint density at radius 1 is 1.18 bits per heavy atom. The van der Waals surface area contributed by atoms with Crippen molar-refractivity contribution in [3.63, 3.8) is 0 Å². The van der Waals surface area contributed by atoms with Gasteiger partial charge in [-0.25, -0.2) is 0 Å². The Labute approximate surface area is 167 Å². The van der Waals surface area contributed by atoms with Gasteiger partial charge < -0.3 is 14.7 Å². The average molecular weight is 383 g/mol. The van der Waals surface area contributed by atoms with Crippen LogP contribution in [0, 0.1) is 22.7 Å². The Bertz CT molecular complexity index is 748. The molecule has 0 aromatic heterocycles. The number of hydrogen-bond acceptors (Lipinski definition) is 4. The van der Waals surface area contributed by atoms with E-state index in [0.29, 0.717) is 23.9 Å². The van der Waals surface area contributed by atoms with Crippen molar-refractivity contribution in [1.29, 1.82) is 5.26 Å². The normalized spacial score (nSPS) is 22.5. The second-order valence-corrected chi connectivity index (χ2v) is 8.99. The molecule has 2 saturated carbocycles. The van der Waals surface area contributed by atoms with Gasteiger partial charge in [0, 0.05) is 25.6 Å². The first-order chi connectivity index (χ1) is 13.6. The lowest BCUT2D eigenvalue weighted by Gasteiger charge is -2.46. The van der Waals surface area contributed by atoms with Gasteiger partial charge in [0.15, 0.2) is 0 Å². The molecule has 1 heterocycles. The van der Waals surface area contributed by atoms with Crippen LogP contribution in [0.4, 0.5) is 5.69 Å². The van der Waals surface area contributed by atoms with Gasteiger partial charge in [0.05, 0.1) is 17.4 Å². The summed E-state index contributed by atoms with van der Waals surface area (Å²) in [6.07, 6.45) is 10.8. The van der Waals surface area contributed by atoms with Crippen LogP contribution in [-0.4, -0.2) is 30.3 Å². The lowest BCUT2D eigenvalue weighted by Crippen LogP contribution is -2.42. The third-order valence-corrected chi connectivity index (χ3v) is 7.24. The van der Waals surface area contributed by atoms with E-state index in [2.05, 4.69) is 17.0 Å². The molecule has 4 rings (SSSR count). The molecule has 1 aliphatic heterocycles. The Morgan fingerprint density at radius 2 is 1.89 bits per heavy atom. The molecule has 150 valence electrons. The standard InChI is InChI=1S/C23H30N2O3/c24-16-18-4-5-20(28-19-2-1-3-19)15-21(18)25-12-10-23(11-13-25)8-6-17(7-9-23)14-22(26)27/h4-5,15,17,19H,1-3,6-14H2,(H,26,27). The van der Waals surface area contributed by atoms with Crippen molar-refractivity contribution in [1.82, 2.24) is 0 Å². The predicted molar refractivity (Wildman–Crippen MR) is 108 cm³/mol. The first-order valence-corrected chi connectivity index (χ1v) is 10.7. The van der Waals surface area contributed by atoms with Crippen molar-refractivity contribution in [3.8, 4) is 11.8 Å². The molecule has 3 aliphatic rings. The molecule has 28 heavy (non-hydrogen) atoms. The first kappa shape index (κ1) is 19.1. The van der Waals surface area contributed by atoms with Crippen LogP contribution < -0.4 is 9.64 Å². The van der Waals surface area contributed by atoms with Crippen molar-refractivity contribution < 1.29 is 14.6 Å². The van der Waals surface area contributed by atoms with E-state index in [9.17, 15) is 10.1 Å². The summed E-state index contributed by atoms with van der Waals surface area (Å²) >= 11 is 0. The highest BCUT2D eigenvalue weighted by molar-refractivity contribution is 5.67. The second-order valence-electron chi connectivity index (χ2n) is 8.99. The zero-order valence-electron chi connectivity index (χ0n) is 16.5. The van der Waals surface area contributed by atoms with Crippen LogP contribution in [0.1, 0.15) is 69.8 Å². The third kappa shape index (κ3) is 4.11. The SMILES string of the molecule is N#Cc1ccc(OC2CCC2)cc1N1CCC2(CCC(CC(=O)O)CC2)CC1. The molecule has 1 N–H and O–H groups in total. The number of piperidine rings is 1. The van der Waals surface area contributed by atoms with Gasteiger partial charge in [0.25, 0.3) is 0 Å². The van der Waals surface area contributed by atoms with E-state index < -0.39 is 5.97 Å². The summed E-state index contributed by atoms with van der Waals surface area (Å²) in [5.74, 6) is 0.573. The van der Waals surface area contributed by atoms with Gasteiger partial charge in [-0.15, -0.1) is 0 Å². The maximum atomic E-state index is 11.0. The molecule has 0 bridgehead atoms. The molecule has 0 atom stereocenters. The number of ether oxygens (including phenoxy) is 1. The van der Waals surface area contributed by atoms with Crippen LogP contribution in [-0.2, 0) is 4.79 Å².